The molecule has 1 aromatic heterocycles. The van der Waals surface area contributed by atoms with Crippen LogP contribution in [0.15, 0.2) is 30.3 Å². The molecule has 0 fully saturated rings. The van der Waals surface area contributed by atoms with Crippen LogP contribution in [0.3, 0.4) is 0 Å². The fourth-order valence-corrected chi connectivity index (χ4v) is 2.88. The van der Waals surface area contributed by atoms with E-state index in [1.54, 1.807) is 13.0 Å². The number of benzene rings is 2. The summed E-state index contributed by atoms with van der Waals surface area (Å²) in [5.41, 5.74) is 7.23. The summed E-state index contributed by atoms with van der Waals surface area (Å²) in [6.07, 6.45) is -0.855. The van der Waals surface area contributed by atoms with Gasteiger partial charge >= 0.3 is 0 Å². The highest BCUT2D eigenvalue weighted by atomic mass is 32.1. The molecule has 7 nitrogen and oxygen atoms in total. The Morgan fingerprint density at radius 3 is 2.68 bits per heavy atom. The van der Waals surface area contributed by atoms with Crippen molar-refractivity contribution in [1.29, 1.82) is 0 Å². The third-order valence-corrected chi connectivity index (χ3v) is 4.57. The largest absolute Gasteiger partial charge is 0.481 e. The lowest BCUT2D eigenvalue weighted by molar-refractivity contribution is -0.128. The predicted molar refractivity (Wildman–Crippen MR) is 105 cm³/mol. The van der Waals surface area contributed by atoms with Crippen LogP contribution >= 0.6 is 12.2 Å². The molecule has 1 heterocycles. The molecule has 0 aliphatic heterocycles. The quantitative estimate of drug-likeness (QED) is 0.398. The number of hydrogen-bond donors (Lipinski definition) is 4. The minimum atomic E-state index is -0.855. The van der Waals surface area contributed by atoms with E-state index < -0.39 is 23.7 Å². The van der Waals surface area contributed by atoms with Gasteiger partial charge in [0.15, 0.2) is 10.9 Å². The monoisotopic (exact) mass is 402 g/mol. The zero-order valence-corrected chi connectivity index (χ0v) is 16.3. The highest BCUT2D eigenvalue weighted by Gasteiger charge is 2.19. The molecule has 0 spiro atoms. The number of carbonyl (C=O) groups excluding carboxylic acids is 2. The number of amides is 2. The van der Waals surface area contributed by atoms with Gasteiger partial charge in [0.2, 0.25) is 0 Å². The summed E-state index contributed by atoms with van der Waals surface area (Å²) in [5, 5.41) is 0. The minimum absolute atomic E-state index is 0.00532. The summed E-state index contributed by atoms with van der Waals surface area (Å²) < 4.78 is 19.7. The van der Waals surface area contributed by atoms with E-state index in [4.69, 9.17) is 17.0 Å². The number of halogens is 1. The van der Waals surface area contributed by atoms with Crippen molar-refractivity contribution in [1.82, 2.24) is 20.8 Å². The average molecular weight is 402 g/mol. The normalized spacial score (nSPS) is 11.9. The van der Waals surface area contributed by atoms with Crippen molar-refractivity contribution >= 4 is 35.1 Å². The van der Waals surface area contributed by atoms with Gasteiger partial charge in [-0.15, -0.1) is 0 Å². The van der Waals surface area contributed by atoms with Gasteiger partial charge in [-0.3, -0.25) is 20.4 Å². The van der Waals surface area contributed by atoms with Gasteiger partial charge in [0.1, 0.15) is 11.6 Å². The van der Waals surface area contributed by atoms with Crippen molar-refractivity contribution in [3.05, 3.63) is 57.6 Å². The third-order valence-electron chi connectivity index (χ3n) is 4.36. The lowest BCUT2D eigenvalue weighted by atomic mass is 10.1. The summed E-state index contributed by atoms with van der Waals surface area (Å²) >= 11 is 4.97. The Labute approximate surface area is 165 Å². The number of aryl methyl sites for hydroxylation is 1. The molecule has 9 heteroatoms. The molecule has 2 aromatic carbocycles. The van der Waals surface area contributed by atoms with Crippen LogP contribution in [0.4, 0.5) is 4.39 Å². The summed E-state index contributed by atoms with van der Waals surface area (Å²) in [5.74, 6) is -1.27. The summed E-state index contributed by atoms with van der Waals surface area (Å²) in [6, 6.07) is 7.82. The number of aromatic nitrogens is 2. The van der Waals surface area contributed by atoms with Crippen LogP contribution < -0.4 is 15.6 Å². The van der Waals surface area contributed by atoms with E-state index in [0.717, 1.165) is 17.2 Å². The minimum Gasteiger partial charge on any atom is -0.481 e. The van der Waals surface area contributed by atoms with E-state index >= 15 is 0 Å². The Hall–Kier alpha value is -3.20. The molecule has 3 rings (SSSR count). The Bertz CT molecular complexity index is 1120. The summed E-state index contributed by atoms with van der Waals surface area (Å²) in [4.78, 5) is 30.2. The Kier molecular flexibility index (Phi) is 5.46. The molecule has 4 N–H and O–H groups in total. The maximum atomic E-state index is 13.8. The van der Waals surface area contributed by atoms with Crippen molar-refractivity contribution < 1.29 is 18.7 Å². The van der Waals surface area contributed by atoms with E-state index in [9.17, 15) is 14.0 Å². The molecule has 0 saturated carbocycles. The fraction of sp³-hybridized carbons (Fsp3) is 0.211. The Balaban J connectivity index is 1.68. The number of carbonyl (C=O) groups is 2. The van der Waals surface area contributed by atoms with Gasteiger partial charge in [-0.25, -0.2) is 4.39 Å². The number of H-pyrrole nitrogens is 2. The second-order valence-electron chi connectivity index (χ2n) is 6.36. The molecule has 1 unspecified atom stereocenters. The molecule has 3 aromatic rings. The van der Waals surface area contributed by atoms with Crippen LogP contribution in [-0.4, -0.2) is 27.9 Å². The van der Waals surface area contributed by atoms with E-state index in [-0.39, 0.29) is 10.3 Å². The molecule has 28 heavy (non-hydrogen) atoms. The molecule has 0 bridgehead atoms. The van der Waals surface area contributed by atoms with Gasteiger partial charge < -0.3 is 14.7 Å². The third kappa shape index (κ3) is 4.04. The molecule has 2 amide bonds. The number of fused-ring (bicyclic) bond motifs is 1. The zero-order valence-electron chi connectivity index (χ0n) is 15.5. The van der Waals surface area contributed by atoms with E-state index in [2.05, 4.69) is 20.8 Å². The molecule has 0 aliphatic carbocycles. The van der Waals surface area contributed by atoms with Crippen LogP contribution in [0.1, 0.15) is 28.4 Å². The van der Waals surface area contributed by atoms with Crippen LogP contribution in [-0.2, 0) is 4.79 Å². The lowest BCUT2D eigenvalue weighted by Gasteiger charge is -2.17. The number of imidazole rings is 1. The van der Waals surface area contributed by atoms with Crippen LogP contribution in [0.5, 0.6) is 5.75 Å². The number of hydrazine groups is 1. The van der Waals surface area contributed by atoms with Crippen molar-refractivity contribution in [2.24, 2.45) is 0 Å². The van der Waals surface area contributed by atoms with Crippen molar-refractivity contribution in [2.45, 2.75) is 26.9 Å². The highest BCUT2D eigenvalue weighted by molar-refractivity contribution is 7.71. The summed E-state index contributed by atoms with van der Waals surface area (Å²) in [6.45, 7) is 5.40. The molecule has 0 radical (unpaired) electrons. The molecule has 1 atom stereocenters. The van der Waals surface area contributed by atoms with Gasteiger partial charge in [0.25, 0.3) is 11.8 Å². The SMILES string of the molecule is Cc1cccc(OC(C)C(=O)NNC(=O)c2cc(F)cc3[nH]c(=S)[nH]c23)c1C. The molecule has 0 saturated heterocycles. The van der Waals surface area contributed by atoms with Gasteiger partial charge in [0.05, 0.1) is 16.6 Å². The smallest absolute Gasteiger partial charge is 0.279 e. The van der Waals surface area contributed by atoms with E-state index in [1.807, 2.05) is 26.0 Å². The Morgan fingerprint density at radius 1 is 1.18 bits per heavy atom. The highest BCUT2D eigenvalue weighted by Crippen LogP contribution is 2.22. The fourth-order valence-electron chi connectivity index (χ4n) is 2.67. The van der Waals surface area contributed by atoms with Gasteiger partial charge in [-0.2, -0.15) is 0 Å². The van der Waals surface area contributed by atoms with Crippen LogP contribution in [0, 0.1) is 24.4 Å². The second-order valence-corrected chi connectivity index (χ2v) is 6.76. The first-order valence-electron chi connectivity index (χ1n) is 8.51. The standard InChI is InChI=1S/C19H19FN4O3S/c1-9-5-4-6-15(10(9)2)27-11(3)17(25)23-24-18(26)13-7-12(20)8-14-16(13)22-19(28)21-14/h4-8,11H,1-3H3,(H,23,25)(H,24,26)(H2,21,22,28). The topological polar surface area (TPSA) is 99.0 Å². The van der Waals surface area contributed by atoms with E-state index in [0.29, 0.717) is 16.8 Å². The van der Waals surface area contributed by atoms with E-state index in [1.165, 1.54) is 6.07 Å². The first-order valence-corrected chi connectivity index (χ1v) is 8.91. The zero-order chi connectivity index (χ0) is 20.4. The van der Waals surface area contributed by atoms with Crippen LogP contribution in [0.2, 0.25) is 0 Å². The molecule has 0 aliphatic rings. The average Bonchev–Trinajstić information content (AvgIpc) is 3.02. The number of hydrogen-bond acceptors (Lipinski definition) is 4. The maximum absolute atomic E-state index is 13.8. The first-order chi connectivity index (χ1) is 13.3. The van der Waals surface area contributed by atoms with Gasteiger partial charge in [-0.1, -0.05) is 12.1 Å². The molecule has 146 valence electrons. The van der Waals surface area contributed by atoms with Gasteiger partial charge in [0, 0.05) is 0 Å². The number of nitrogens with one attached hydrogen (secondary N) is 4. The van der Waals surface area contributed by atoms with Crippen molar-refractivity contribution in [3.63, 3.8) is 0 Å². The van der Waals surface area contributed by atoms with Gasteiger partial charge in [-0.05, 0) is 62.3 Å². The number of rotatable bonds is 4. The lowest BCUT2D eigenvalue weighted by Crippen LogP contribution is -2.47. The predicted octanol–water partition coefficient (Wildman–Crippen LogP) is 3.21. The number of ether oxygens (including phenoxy) is 1. The second kappa shape index (κ2) is 7.81. The Morgan fingerprint density at radius 2 is 1.93 bits per heavy atom. The van der Waals surface area contributed by atoms with Crippen molar-refractivity contribution in [2.75, 3.05) is 0 Å². The number of aromatic amines is 2. The van der Waals surface area contributed by atoms with Crippen molar-refractivity contribution in [3.8, 4) is 5.75 Å². The summed E-state index contributed by atoms with van der Waals surface area (Å²) in [7, 11) is 0. The first kappa shape index (κ1) is 19.6. The van der Waals surface area contributed by atoms with Crippen LogP contribution in [0.25, 0.3) is 11.0 Å². The molecular formula is C19H19FN4O3S. The molecular weight excluding hydrogens is 383 g/mol. The maximum Gasteiger partial charge on any atom is 0.279 e.